The first-order valence-corrected chi connectivity index (χ1v) is 12.0. The molecule has 8 heteroatoms. The number of hydrogen-bond donors (Lipinski definition) is 3. The highest BCUT2D eigenvalue weighted by molar-refractivity contribution is 7.91. The average molecular weight is 466 g/mol. The molecule has 3 N–H and O–H groups in total. The Morgan fingerprint density at radius 3 is 2.72 bits per heavy atom. The van der Waals surface area contributed by atoms with Gasteiger partial charge in [0.25, 0.3) is 10.0 Å². The highest BCUT2D eigenvalue weighted by Crippen LogP contribution is 2.23. The Balaban J connectivity index is 1.53. The lowest BCUT2D eigenvalue weighted by Gasteiger charge is -2.13. The Kier molecular flexibility index (Phi) is 5.77. The van der Waals surface area contributed by atoms with E-state index in [0.29, 0.717) is 15.8 Å². The van der Waals surface area contributed by atoms with Crippen molar-refractivity contribution < 1.29 is 19.7 Å². The first-order valence-electron chi connectivity index (χ1n) is 10.2. The Morgan fingerprint density at radius 2 is 1.97 bits per heavy atom. The van der Waals surface area contributed by atoms with Crippen LogP contribution in [0, 0.1) is 18.8 Å². The molecule has 0 saturated carbocycles. The van der Waals surface area contributed by atoms with Crippen molar-refractivity contribution in [1.82, 2.24) is 9.71 Å². The molecule has 0 aliphatic heterocycles. The number of rotatable bonds is 6. The van der Waals surface area contributed by atoms with Crippen molar-refractivity contribution in [1.29, 1.82) is 0 Å². The molecular formula is C24H20N2O4S2. The van der Waals surface area contributed by atoms with Crippen LogP contribution in [0.5, 0.6) is 0 Å². The maximum absolute atomic E-state index is 12.9. The van der Waals surface area contributed by atoms with E-state index in [1.165, 1.54) is 6.07 Å². The van der Waals surface area contributed by atoms with Crippen LogP contribution in [0.3, 0.4) is 0 Å². The van der Waals surface area contributed by atoms with E-state index in [2.05, 4.69) is 21.5 Å². The van der Waals surface area contributed by atoms with Crippen molar-refractivity contribution in [3.8, 4) is 11.8 Å². The van der Waals surface area contributed by atoms with Crippen molar-refractivity contribution >= 4 is 38.2 Å². The maximum atomic E-state index is 12.9. The molecule has 0 fully saturated rings. The molecule has 2 heterocycles. The number of carboxylic acids is 1. The van der Waals surface area contributed by atoms with Gasteiger partial charge in [-0.15, -0.1) is 11.3 Å². The molecule has 1 atom stereocenters. The summed E-state index contributed by atoms with van der Waals surface area (Å²) in [4.78, 5) is 15.4. The van der Waals surface area contributed by atoms with E-state index in [1.807, 2.05) is 31.2 Å². The van der Waals surface area contributed by atoms with Gasteiger partial charge in [-0.05, 0) is 42.8 Å². The number of aliphatic carboxylic acids is 1. The third-order valence-corrected chi connectivity index (χ3v) is 7.82. The van der Waals surface area contributed by atoms with E-state index in [0.717, 1.165) is 28.0 Å². The van der Waals surface area contributed by atoms with Crippen LogP contribution in [0.15, 0.2) is 71.0 Å². The molecule has 2 aromatic heterocycles. The zero-order chi connectivity index (χ0) is 23.6. The Morgan fingerprint density at radius 1 is 1.19 bits per heavy atom. The fourth-order valence-corrected chi connectivity index (χ4v) is 5.55. The lowest BCUT2D eigenvalue weighted by atomic mass is 10.1. The van der Waals surface area contributed by atoms with Gasteiger partial charge in [0.2, 0.25) is 0 Å². The SMILES string of the molecule is [2H]c1ccc2[nH]cc(C[C@@H](NS(=O)(=O)c3ccc(C#Cc4ccc(C)cc4)s3)C(=O)O)c2c1. The fraction of sp³-hybridized carbons (Fsp3) is 0.125. The minimum Gasteiger partial charge on any atom is -0.480 e. The summed E-state index contributed by atoms with van der Waals surface area (Å²) in [5, 5.41) is 10.3. The van der Waals surface area contributed by atoms with Crippen molar-refractivity contribution in [3.05, 3.63) is 88.4 Å². The molecule has 0 saturated heterocycles. The number of para-hydroxylation sites is 1. The first kappa shape index (κ1) is 20.5. The molecule has 0 aliphatic rings. The minimum absolute atomic E-state index is 0.00525. The Bertz CT molecular complexity index is 1490. The summed E-state index contributed by atoms with van der Waals surface area (Å²) in [5.74, 6) is 4.66. The summed E-state index contributed by atoms with van der Waals surface area (Å²) in [6, 6.07) is 14.6. The number of hydrogen-bond acceptors (Lipinski definition) is 4. The number of H-pyrrole nitrogens is 1. The van der Waals surface area contributed by atoms with E-state index in [1.54, 1.807) is 30.5 Å². The number of sulfonamides is 1. The monoisotopic (exact) mass is 465 g/mol. The molecule has 6 nitrogen and oxygen atoms in total. The Labute approximate surface area is 191 Å². The van der Waals surface area contributed by atoms with Crippen molar-refractivity contribution in [2.24, 2.45) is 0 Å². The molecule has 0 amide bonds. The highest BCUT2D eigenvalue weighted by atomic mass is 32.2. The summed E-state index contributed by atoms with van der Waals surface area (Å²) in [5.41, 5.74) is 3.31. The number of fused-ring (bicyclic) bond motifs is 1. The van der Waals surface area contributed by atoms with Crippen LogP contribution in [0.2, 0.25) is 0 Å². The summed E-state index contributed by atoms with van der Waals surface area (Å²) in [6.45, 7) is 1.98. The van der Waals surface area contributed by atoms with Crippen LogP contribution in [-0.4, -0.2) is 30.5 Å². The molecule has 0 unspecified atom stereocenters. The van der Waals surface area contributed by atoms with Gasteiger partial charge in [-0.2, -0.15) is 4.72 Å². The van der Waals surface area contributed by atoms with E-state index in [4.69, 9.17) is 1.37 Å². The van der Waals surface area contributed by atoms with Crippen molar-refractivity contribution in [2.75, 3.05) is 0 Å². The third kappa shape index (κ3) is 4.92. The number of thiophene rings is 1. The van der Waals surface area contributed by atoms with Gasteiger partial charge in [0.1, 0.15) is 10.3 Å². The average Bonchev–Trinajstić information content (AvgIpc) is 3.40. The molecular weight excluding hydrogens is 444 g/mol. The van der Waals surface area contributed by atoms with Crippen LogP contribution in [0.25, 0.3) is 10.9 Å². The maximum Gasteiger partial charge on any atom is 0.322 e. The normalized spacial score (nSPS) is 12.7. The van der Waals surface area contributed by atoms with Gasteiger partial charge in [-0.1, -0.05) is 47.7 Å². The van der Waals surface area contributed by atoms with Crippen molar-refractivity contribution in [3.63, 3.8) is 0 Å². The molecule has 0 spiro atoms. The second-order valence-electron chi connectivity index (χ2n) is 7.24. The van der Waals surface area contributed by atoms with Gasteiger partial charge in [0, 0.05) is 29.1 Å². The molecule has 0 bridgehead atoms. The number of carbonyl (C=O) groups is 1. The van der Waals surface area contributed by atoms with Crippen LogP contribution < -0.4 is 4.72 Å². The van der Waals surface area contributed by atoms with Crippen LogP contribution in [0.1, 0.15) is 22.9 Å². The predicted molar refractivity (Wildman–Crippen MR) is 125 cm³/mol. The quantitative estimate of drug-likeness (QED) is 0.376. The summed E-state index contributed by atoms with van der Waals surface area (Å²) in [7, 11) is -4.06. The summed E-state index contributed by atoms with van der Waals surface area (Å²) >= 11 is 0.980. The third-order valence-electron chi connectivity index (χ3n) is 4.86. The van der Waals surface area contributed by atoms with Gasteiger partial charge in [-0.3, -0.25) is 4.79 Å². The number of aryl methyl sites for hydroxylation is 1. The van der Waals surface area contributed by atoms with Gasteiger partial charge < -0.3 is 10.1 Å². The van der Waals surface area contributed by atoms with Crippen molar-refractivity contribution in [2.45, 2.75) is 23.6 Å². The molecule has 4 aromatic rings. The summed E-state index contributed by atoms with van der Waals surface area (Å²) < 4.78 is 35.8. The molecule has 0 aliphatic carbocycles. The van der Waals surface area contributed by atoms with E-state index < -0.39 is 22.0 Å². The highest BCUT2D eigenvalue weighted by Gasteiger charge is 2.27. The molecule has 162 valence electrons. The number of benzene rings is 2. The number of aromatic amines is 1. The first-order chi connectivity index (χ1) is 15.7. The Hall–Kier alpha value is -3.38. The van der Waals surface area contributed by atoms with Gasteiger partial charge in [-0.25, -0.2) is 8.42 Å². The van der Waals surface area contributed by atoms with Crippen LogP contribution in [-0.2, 0) is 21.2 Å². The molecule has 4 rings (SSSR count). The second kappa shape index (κ2) is 9.01. The molecule has 2 aromatic carbocycles. The lowest BCUT2D eigenvalue weighted by molar-refractivity contribution is -0.138. The molecule has 0 radical (unpaired) electrons. The van der Waals surface area contributed by atoms with E-state index >= 15 is 0 Å². The topological polar surface area (TPSA) is 99.3 Å². The van der Waals surface area contributed by atoms with Gasteiger partial charge in [0.15, 0.2) is 0 Å². The van der Waals surface area contributed by atoms with Crippen LogP contribution >= 0.6 is 11.3 Å². The standard InChI is InChI=1S/C24H20N2O4S2/c1-16-6-8-17(9-7-16)10-11-19-12-13-23(31-19)32(29,30)26-22(24(27)28)14-18-15-25-21-5-3-2-4-20(18)21/h2-9,12-13,15,22,25-26H,14H2,1H3,(H,27,28)/t22-/m1/s1/i2D. The second-order valence-corrected chi connectivity index (χ2v) is 10.3. The van der Waals surface area contributed by atoms with Gasteiger partial charge in [0.05, 0.1) is 6.25 Å². The number of aromatic nitrogens is 1. The van der Waals surface area contributed by atoms with Crippen LogP contribution in [0.4, 0.5) is 0 Å². The smallest absolute Gasteiger partial charge is 0.322 e. The zero-order valence-corrected chi connectivity index (χ0v) is 18.7. The zero-order valence-electron chi connectivity index (χ0n) is 18.0. The van der Waals surface area contributed by atoms with E-state index in [9.17, 15) is 18.3 Å². The van der Waals surface area contributed by atoms with Gasteiger partial charge >= 0.3 is 5.97 Å². The lowest BCUT2D eigenvalue weighted by Crippen LogP contribution is -2.41. The predicted octanol–water partition coefficient (Wildman–Crippen LogP) is 3.91. The fourth-order valence-electron chi connectivity index (χ4n) is 3.18. The number of nitrogens with one attached hydrogen (secondary N) is 2. The van der Waals surface area contributed by atoms with E-state index in [-0.39, 0.29) is 16.7 Å². The minimum atomic E-state index is -4.06. The number of carboxylic acid groups (broad SMARTS) is 1. The summed E-state index contributed by atoms with van der Waals surface area (Å²) in [6.07, 6.45) is 1.57. The largest absolute Gasteiger partial charge is 0.480 e. The molecule has 32 heavy (non-hydrogen) atoms.